The second-order valence-electron chi connectivity index (χ2n) is 5.85. The van der Waals surface area contributed by atoms with E-state index in [0.717, 1.165) is 35.8 Å². The highest BCUT2D eigenvalue weighted by molar-refractivity contribution is 7.13. The quantitative estimate of drug-likeness (QED) is 0.854. The number of aromatic nitrogens is 1. The molecule has 1 saturated carbocycles. The Morgan fingerprint density at radius 2 is 2.32 bits per heavy atom. The number of thiazole rings is 1. The number of rotatable bonds is 2. The number of carbonyl (C=O) groups is 1. The van der Waals surface area contributed by atoms with Gasteiger partial charge < -0.3 is 14.1 Å². The van der Waals surface area contributed by atoms with Crippen LogP contribution in [0, 0.1) is 6.92 Å². The van der Waals surface area contributed by atoms with E-state index < -0.39 is 0 Å². The number of aryl methyl sites for hydroxylation is 1. The number of amides is 1. The van der Waals surface area contributed by atoms with Crippen molar-refractivity contribution in [3.63, 3.8) is 0 Å². The summed E-state index contributed by atoms with van der Waals surface area (Å²) in [7, 11) is 0. The Morgan fingerprint density at radius 1 is 1.41 bits per heavy atom. The van der Waals surface area contributed by atoms with Crippen LogP contribution in [0.5, 0.6) is 0 Å². The van der Waals surface area contributed by atoms with Gasteiger partial charge in [-0.2, -0.15) is 0 Å². The Labute approximate surface area is 132 Å². The van der Waals surface area contributed by atoms with Crippen LogP contribution < -0.4 is 0 Å². The molecule has 2 fully saturated rings. The summed E-state index contributed by atoms with van der Waals surface area (Å²) in [5.74, 6) is 1.59. The van der Waals surface area contributed by atoms with Crippen LogP contribution in [0.4, 0.5) is 0 Å². The molecule has 22 heavy (non-hydrogen) atoms. The first-order chi connectivity index (χ1) is 10.7. The lowest BCUT2D eigenvalue weighted by Gasteiger charge is -2.37. The second-order valence-corrected chi connectivity index (χ2v) is 6.71. The molecule has 2 aromatic heterocycles. The maximum Gasteiger partial charge on any atom is 0.273 e. The van der Waals surface area contributed by atoms with Crippen molar-refractivity contribution in [1.82, 2.24) is 9.88 Å². The molecule has 116 valence electrons. The standard InChI is InChI=1S/C16H18N2O3S/c1-10-5-6-14(21-10)15-17-11(9-22-15)16(19)18-7-8-20-13-4-2-3-12(13)18/h5-6,9,12-13H,2-4,7-8H2,1H3/t12-,13-/m1/s1. The average Bonchev–Trinajstić information content (AvgIpc) is 3.25. The maximum absolute atomic E-state index is 12.8. The van der Waals surface area contributed by atoms with Crippen LogP contribution >= 0.6 is 11.3 Å². The minimum Gasteiger partial charge on any atom is -0.459 e. The van der Waals surface area contributed by atoms with Gasteiger partial charge in [0.05, 0.1) is 18.8 Å². The van der Waals surface area contributed by atoms with Gasteiger partial charge in [-0.15, -0.1) is 11.3 Å². The Kier molecular flexibility index (Phi) is 3.50. The van der Waals surface area contributed by atoms with Gasteiger partial charge in [-0.25, -0.2) is 4.98 Å². The zero-order chi connectivity index (χ0) is 15.1. The van der Waals surface area contributed by atoms with Crippen molar-refractivity contribution in [2.24, 2.45) is 0 Å². The number of hydrogen-bond acceptors (Lipinski definition) is 5. The van der Waals surface area contributed by atoms with Crippen molar-refractivity contribution in [2.75, 3.05) is 13.2 Å². The smallest absolute Gasteiger partial charge is 0.273 e. The van der Waals surface area contributed by atoms with Crippen molar-refractivity contribution in [3.8, 4) is 10.8 Å². The lowest BCUT2D eigenvalue weighted by atomic mass is 10.1. The van der Waals surface area contributed by atoms with E-state index in [1.54, 1.807) is 0 Å². The highest BCUT2D eigenvalue weighted by Gasteiger charge is 2.39. The average molecular weight is 318 g/mol. The van der Waals surface area contributed by atoms with E-state index in [1.807, 2.05) is 29.3 Å². The van der Waals surface area contributed by atoms with Crippen LogP contribution in [0.25, 0.3) is 10.8 Å². The van der Waals surface area contributed by atoms with E-state index in [2.05, 4.69) is 4.98 Å². The summed E-state index contributed by atoms with van der Waals surface area (Å²) in [4.78, 5) is 19.2. The largest absolute Gasteiger partial charge is 0.459 e. The molecular formula is C16H18N2O3S. The number of ether oxygens (including phenoxy) is 1. The number of nitrogens with zero attached hydrogens (tertiary/aromatic N) is 2. The van der Waals surface area contributed by atoms with Crippen LogP contribution in [-0.2, 0) is 4.74 Å². The monoisotopic (exact) mass is 318 g/mol. The van der Waals surface area contributed by atoms with Crippen molar-refractivity contribution in [2.45, 2.75) is 38.3 Å². The topological polar surface area (TPSA) is 55.6 Å². The Bertz CT molecular complexity index is 693. The number of hydrogen-bond donors (Lipinski definition) is 0. The minimum atomic E-state index is 0.0194. The molecule has 1 saturated heterocycles. The molecule has 0 unspecified atom stereocenters. The highest BCUT2D eigenvalue weighted by Crippen LogP contribution is 2.32. The zero-order valence-corrected chi connectivity index (χ0v) is 13.3. The number of fused-ring (bicyclic) bond motifs is 1. The third kappa shape index (κ3) is 2.36. The van der Waals surface area contributed by atoms with Crippen LogP contribution in [0.3, 0.4) is 0 Å². The summed E-state index contributed by atoms with van der Waals surface area (Å²) in [5.41, 5.74) is 0.515. The molecule has 2 aliphatic rings. The molecule has 0 spiro atoms. The van der Waals surface area contributed by atoms with Crippen molar-refractivity contribution in [1.29, 1.82) is 0 Å². The second kappa shape index (κ2) is 5.52. The number of morpholine rings is 1. The third-order valence-corrected chi connectivity index (χ3v) is 5.27. The van der Waals surface area contributed by atoms with Crippen LogP contribution in [0.2, 0.25) is 0 Å². The van der Waals surface area contributed by atoms with Crippen LogP contribution in [0.1, 0.15) is 35.5 Å². The molecule has 2 aromatic rings. The number of carbonyl (C=O) groups excluding carboxylic acids is 1. The third-order valence-electron chi connectivity index (χ3n) is 4.42. The SMILES string of the molecule is Cc1ccc(-c2nc(C(=O)N3CCO[C@@H]4CCC[C@H]43)cs2)o1. The van der Waals surface area contributed by atoms with Gasteiger partial charge in [0.1, 0.15) is 11.5 Å². The van der Waals surface area contributed by atoms with E-state index in [0.29, 0.717) is 18.8 Å². The zero-order valence-electron chi connectivity index (χ0n) is 12.4. The molecule has 1 aliphatic carbocycles. The van der Waals surface area contributed by atoms with Gasteiger partial charge in [0, 0.05) is 11.9 Å². The number of furan rings is 1. The maximum atomic E-state index is 12.8. The first-order valence-corrected chi connectivity index (χ1v) is 8.55. The van der Waals surface area contributed by atoms with E-state index in [4.69, 9.17) is 9.15 Å². The summed E-state index contributed by atoms with van der Waals surface area (Å²) < 4.78 is 11.3. The van der Waals surface area contributed by atoms with Gasteiger partial charge in [0.2, 0.25) is 0 Å². The molecule has 5 nitrogen and oxygen atoms in total. The van der Waals surface area contributed by atoms with Gasteiger partial charge in [-0.05, 0) is 38.3 Å². The van der Waals surface area contributed by atoms with Crippen molar-refractivity contribution < 1.29 is 13.9 Å². The Hall–Kier alpha value is -1.66. The molecule has 1 amide bonds. The summed E-state index contributed by atoms with van der Waals surface area (Å²) in [6, 6.07) is 4.02. The molecular weight excluding hydrogens is 300 g/mol. The summed E-state index contributed by atoms with van der Waals surface area (Å²) in [5, 5.41) is 2.59. The molecule has 0 radical (unpaired) electrons. The van der Waals surface area contributed by atoms with Gasteiger partial charge in [-0.1, -0.05) is 0 Å². The normalized spacial score (nSPS) is 24.5. The van der Waals surface area contributed by atoms with Crippen LogP contribution in [-0.4, -0.2) is 41.1 Å². The predicted molar refractivity (Wildman–Crippen MR) is 83.0 cm³/mol. The summed E-state index contributed by atoms with van der Waals surface area (Å²) in [6.07, 6.45) is 3.43. The molecule has 6 heteroatoms. The van der Waals surface area contributed by atoms with E-state index >= 15 is 0 Å². The lowest BCUT2D eigenvalue weighted by molar-refractivity contribution is -0.0447. The fourth-order valence-corrected chi connectivity index (χ4v) is 4.11. The Balaban J connectivity index is 1.56. The van der Waals surface area contributed by atoms with Gasteiger partial charge in [-0.3, -0.25) is 4.79 Å². The summed E-state index contributed by atoms with van der Waals surface area (Å²) >= 11 is 1.45. The molecule has 0 N–H and O–H groups in total. The first kappa shape index (κ1) is 14.0. The molecule has 2 atom stereocenters. The molecule has 1 aliphatic heterocycles. The van der Waals surface area contributed by atoms with Crippen molar-refractivity contribution in [3.05, 3.63) is 29.0 Å². The Morgan fingerprint density at radius 3 is 3.14 bits per heavy atom. The highest BCUT2D eigenvalue weighted by atomic mass is 32.1. The van der Waals surface area contributed by atoms with E-state index in [1.165, 1.54) is 11.3 Å². The van der Waals surface area contributed by atoms with Crippen molar-refractivity contribution >= 4 is 17.2 Å². The lowest BCUT2D eigenvalue weighted by Crippen LogP contribution is -2.51. The first-order valence-electron chi connectivity index (χ1n) is 7.67. The van der Waals surface area contributed by atoms with Gasteiger partial charge in [0.15, 0.2) is 10.8 Å². The van der Waals surface area contributed by atoms with E-state index in [9.17, 15) is 4.79 Å². The molecule has 0 bridgehead atoms. The van der Waals surface area contributed by atoms with E-state index in [-0.39, 0.29) is 18.1 Å². The van der Waals surface area contributed by atoms with Gasteiger partial charge >= 0.3 is 0 Å². The molecule has 3 heterocycles. The molecule has 4 rings (SSSR count). The van der Waals surface area contributed by atoms with Gasteiger partial charge in [0.25, 0.3) is 5.91 Å². The fourth-order valence-electron chi connectivity index (χ4n) is 3.36. The minimum absolute atomic E-state index is 0.0194. The molecule has 0 aromatic carbocycles. The predicted octanol–water partition coefficient (Wildman–Crippen LogP) is 3.11. The fraction of sp³-hybridized carbons (Fsp3) is 0.500. The summed E-state index contributed by atoms with van der Waals surface area (Å²) in [6.45, 7) is 3.19. The van der Waals surface area contributed by atoms with Crippen LogP contribution in [0.15, 0.2) is 21.9 Å².